The van der Waals surface area contributed by atoms with Crippen LogP contribution >= 0.6 is 0 Å². The minimum Gasteiger partial charge on any atom is -0.339 e. The summed E-state index contributed by atoms with van der Waals surface area (Å²) in [5, 5.41) is 3.29. The fraction of sp³-hybridized carbons (Fsp3) is 0.588. The number of carbonyl (C=O) groups excluding carboxylic acids is 1. The van der Waals surface area contributed by atoms with E-state index >= 15 is 0 Å². The highest BCUT2D eigenvalue weighted by Gasteiger charge is 2.30. The standard InChI is InChI=1S/C17H26N2O/c1-3-19(16-9-10-16)17(20)13-18-12-11-14(2)15-7-5-4-6-8-15/h4-8,14,16,18H,3,9-13H2,1-2H3. The molecule has 2 rings (SSSR count). The SMILES string of the molecule is CCN(C(=O)CNCCC(C)c1ccccc1)C1CC1. The topological polar surface area (TPSA) is 32.3 Å². The number of rotatable bonds is 8. The van der Waals surface area contributed by atoms with Crippen LogP contribution in [0.3, 0.4) is 0 Å². The second-order valence-corrected chi connectivity index (χ2v) is 5.69. The molecule has 0 radical (unpaired) electrons. The summed E-state index contributed by atoms with van der Waals surface area (Å²) in [5.74, 6) is 0.784. The number of nitrogens with zero attached hydrogens (tertiary/aromatic N) is 1. The molecule has 1 aromatic rings. The summed E-state index contributed by atoms with van der Waals surface area (Å²) in [6.45, 7) is 6.51. The zero-order chi connectivity index (χ0) is 14.4. The molecule has 0 spiro atoms. The van der Waals surface area contributed by atoms with Crippen LogP contribution < -0.4 is 5.32 Å². The summed E-state index contributed by atoms with van der Waals surface area (Å²) in [5.41, 5.74) is 1.37. The molecule has 0 heterocycles. The van der Waals surface area contributed by atoms with Crippen molar-refractivity contribution in [3.8, 4) is 0 Å². The van der Waals surface area contributed by atoms with Gasteiger partial charge in [0.1, 0.15) is 0 Å². The molecule has 3 heteroatoms. The molecule has 3 nitrogen and oxygen atoms in total. The lowest BCUT2D eigenvalue weighted by molar-refractivity contribution is -0.130. The van der Waals surface area contributed by atoms with Crippen molar-refractivity contribution < 1.29 is 4.79 Å². The van der Waals surface area contributed by atoms with E-state index in [0.717, 1.165) is 19.5 Å². The van der Waals surface area contributed by atoms with Gasteiger partial charge in [-0.05, 0) is 44.2 Å². The van der Waals surface area contributed by atoms with Gasteiger partial charge in [0.15, 0.2) is 0 Å². The van der Waals surface area contributed by atoms with E-state index in [-0.39, 0.29) is 5.91 Å². The van der Waals surface area contributed by atoms with E-state index in [9.17, 15) is 4.79 Å². The van der Waals surface area contributed by atoms with Crippen LogP contribution in [-0.4, -0.2) is 36.5 Å². The maximum Gasteiger partial charge on any atom is 0.236 e. The number of carbonyl (C=O) groups is 1. The van der Waals surface area contributed by atoms with Gasteiger partial charge in [-0.1, -0.05) is 37.3 Å². The predicted octanol–water partition coefficient (Wildman–Crippen LogP) is 2.78. The van der Waals surface area contributed by atoms with E-state index in [4.69, 9.17) is 0 Å². The van der Waals surface area contributed by atoms with E-state index in [0.29, 0.717) is 18.5 Å². The Morgan fingerprint density at radius 1 is 1.35 bits per heavy atom. The highest BCUT2D eigenvalue weighted by Crippen LogP contribution is 2.26. The van der Waals surface area contributed by atoms with Gasteiger partial charge in [-0.15, -0.1) is 0 Å². The number of hydrogen-bond acceptors (Lipinski definition) is 2. The third-order valence-electron chi connectivity index (χ3n) is 4.05. The van der Waals surface area contributed by atoms with E-state index in [1.807, 2.05) is 11.0 Å². The zero-order valence-electron chi connectivity index (χ0n) is 12.6. The van der Waals surface area contributed by atoms with Crippen LogP contribution in [0.1, 0.15) is 44.6 Å². The summed E-state index contributed by atoms with van der Waals surface area (Å²) in [6.07, 6.45) is 3.43. The smallest absolute Gasteiger partial charge is 0.236 e. The largest absolute Gasteiger partial charge is 0.339 e. The molecule has 20 heavy (non-hydrogen) atoms. The third-order valence-corrected chi connectivity index (χ3v) is 4.05. The molecule has 0 saturated heterocycles. The fourth-order valence-corrected chi connectivity index (χ4v) is 2.59. The molecular formula is C17H26N2O. The van der Waals surface area contributed by atoms with Gasteiger partial charge in [0.05, 0.1) is 6.54 Å². The second-order valence-electron chi connectivity index (χ2n) is 5.69. The summed E-state index contributed by atoms with van der Waals surface area (Å²) in [6, 6.07) is 11.1. The Morgan fingerprint density at radius 3 is 2.65 bits per heavy atom. The lowest BCUT2D eigenvalue weighted by Crippen LogP contribution is -2.39. The molecule has 1 amide bonds. The number of likely N-dealkylation sites (N-methyl/N-ethyl adjacent to an activating group) is 1. The summed E-state index contributed by atoms with van der Waals surface area (Å²) in [7, 11) is 0. The van der Waals surface area contributed by atoms with Crippen molar-refractivity contribution in [3.63, 3.8) is 0 Å². The molecular weight excluding hydrogens is 248 g/mol. The minimum atomic E-state index is 0.252. The predicted molar refractivity (Wildman–Crippen MR) is 82.8 cm³/mol. The average molecular weight is 274 g/mol. The zero-order valence-corrected chi connectivity index (χ0v) is 12.6. The minimum absolute atomic E-state index is 0.252. The average Bonchev–Trinajstić information content (AvgIpc) is 3.30. The Kier molecular flexibility index (Phi) is 5.60. The van der Waals surface area contributed by atoms with Crippen LogP contribution in [0.2, 0.25) is 0 Å². The first-order valence-corrected chi connectivity index (χ1v) is 7.77. The van der Waals surface area contributed by atoms with Gasteiger partial charge in [-0.3, -0.25) is 4.79 Å². The van der Waals surface area contributed by atoms with Crippen molar-refractivity contribution in [3.05, 3.63) is 35.9 Å². The monoisotopic (exact) mass is 274 g/mol. The molecule has 1 unspecified atom stereocenters. The van der Waals surface area contributed by atoms with Gasteiger partial charge in [-0.25, -0.2) is 0 Å². The van der Waals surface area contributed by atoms with Crippen molar-refractivity contribution in [2.24, 2.45) is 0 Å². The van der Waals surface area contributed by atoms with Crippen molar-refractivity contribution in [1.82, 2.24) is 10.2 Å². The number of amides is 1. The van der Waals surface area contributed by atoms with Crippen LogP contribution in [0, 0.1) is 0 Å². The maximum absolute atomic E-state index is 12.0. The van der Waals surface area contributed by atoms with Gasteiger partial charge in [0.2, 0.25) is 5.91 Å². The van der Waals surface area contributed by atoms with Gasteiger partial charge < -0.3 is 10.2 Å². The molecule has 0 aliphatic heterocycles. The molecule has 0 bridgehead atoms. The van der Waals surface area contributed by atoms with Crippen LogP contribution in [0.5, 0.6) is 0 Å². The van der Waals surface area contributed by atoms with E-state index in [1.165, 1.54) is 18.4 Å². The number of hydrogen-bond donors (Lipinski definition) is 1. The summed E-state index contributed by atoms with van der Waals surface area (Å²) >= 11 is 0. The van der Waals surface area contributed by atoms with Crippen LogP contribution in [0.15, 0.2) is 30.3 Å². The van der Waals surface area contributed by atoms with Gasteiger partial charge in [0.25, 0.3) is 0 Å². The van der Waals surface area contributed by atoms with E-state index < -0.39 is 0 Å². The van der Waals surface area contributed by atoms with Crippen LogP contribution in [0.4, 0.5) is 0 Å². The Morgan fingerprint density at radius 2 is 2.05 bits per heavy atom. The molecule has 1 aromatic carbocycles. The van der Waals surface area contributed by atoms with Crippen molar-refractivity contribution in [2.45, 2.75) is 45.1 Å². The maximum atomic E-state index is 12.0. The molecule has 1 atom stereocenters. The van der Waals surface area contributed by atoms with Gasteiger partial charge in [-0.2, -0.15) is 0 Å². The molecule has 1 aliphatic carbocycles. The quantitative estimate of drug-likeness (QED) is 0.739. The highest BCUT2D eigenvalue weighted by molar-refractivity contribution is 5.78. The molecule has 110 valence electrons. The highest BCUT2D eigenvalue weighted by atomic mass is 16.2. The van der Waals surface area contributed by atoms with Crippen LogP contribution in [-0.2, 0) is 4.79 Å². The molecule has 1 aliphatic rings. The first-order valence-electron chi connectivity index (χ1n) is 7.77. The Balaban J connectivity index is 1.65. The molecule has 1 saturated carbocycles. The summed E-state index contributed by atoms with van der Waals surface area (Å²) < 4.78 is 0. The molecule has 1 N–H and O–H groups in total. The van der Waals surface area contributed by atoms with Crippen molar-refractivity contribution in [1.29, 1.82) is 0 Å². The first-order chi connectivity index (χ1) is 9.72. The number of nitrogens with one attached hydrogen (secondary N) is 1. The lowest BCUT2D eigenvalue weighted by atomic mass is 9.98. The summed E-state index contributed by atoms with van der Waals surface area (Å²) in [4.78, 5) is 14.0. The van der Waals surface area contributed by atoms with Crippen molar-refractivity contribution in [2.75, 3.05) is 19.6 Å². The van der Waals surface area contributed by atoms with E-state index in [1.54, 1.807) is 0 Å². The number of benzene rings is 1. The fourth-order valence-electron chi connectivity index (χ4n) is 2.59. The first kappa shape index (κ1) is 15.0. The third kappa shape index (κ3) is 4.34. The van der Waals surface area contributed by atoms with Gasteiger partial charge >= 0.3 is 0 Å². The molecule has 0 aromatic heterocycles. The lowest BCUT2D eigenvalue weighted by Gasteiger charge is -2.20. The Labute approximate surface area is 122 Å². The Hall–Kier alpha value is -1.35. The van der Waals surface area contributed by atoms with Gasteiger partial charge in [0, 0.05) is 12.6 Å². The second kappa shape index (κ2) is 7.44. The van der Waals surface area contributed by atoms with E-state index in [2.05, 4.69) is 43.4 Å². The Bertz CT molecular complexity index is 414. The van der Waals surface area contributed by atoms with Crippen molar-refractivity contribution >= 4 is 5.91 Å². The molecule has 1 fully saturated rings. The van der Waals surface area contributed by atoms with Crippen LogP contribution in [0.25, 0.3) is 0 Å². The normalized spacial score (nSPS) is 15.9.